The summed E-state index contributed by atoms with van der Waals surface area (Å²) in [5.74, 6) is -0.192. The van der Waals surface area contributed by atoms with Crippen LogP contribution in [0.3, 0.4) is 0 Å². The van der Waals surface area contributed by atoms with Gasteiger partial charge in [-0.25, -0.2) is 14.4 Å². The number of halogens is 1. The fourth-order valence-electron chi connectivity index (χ4n) is 1.56. The van der Waals surface area contributed by atoms with Crippen LogP contribution >= 0.6 is 0 Å². The second-order valence-corrected chi connectivity index (χ2v) is 3.97. The van der Waals surface area contributed by atoms with E-state index in [1.54, 1.807) is 6.92 Å². The Kier molecular flexibility index (Phi) is 4.61. The summed E-state index contributed by atoms with van der Waals surface area (Å²) >= 11 is 0. The standard InChI is InChI=1S/C11H18FN3O/c1-4-9-10(12)11(14-6-13-9)15-7(2)5-8(3)16/h6-8,16H,4-5H2,1-3H3,(H,13,14,15). The van der Waals surface area contributed by atoms with Gasteiger partial charge < -0.3 is 10.4 Å². The molecule has 2 atom stereocenters. The predicted octanol–water partition coefficient (Wildman–Crippen LogP) is 1.75. The summed E-state index contributed by atoms with van der Waals surface area (Å²) in [6.45, 7) is 5.42. The van der Waals surface area contributed by atoms with E-state index >= 15 is 0 Å². The number of aliphatic hydroxyl groups is 1. The van der Waals surface area contributed by atoms with Gasteiger partial charge in [-0.05, 0) is 26.7 Å². The molecule has 0 aromatic carbocycles. The third-order valence-electron chi connectivity index (χ3n) is 2.27. The van der Waals surface area contributed by atoms with Crippen molar-refractivity contribution in [3.05, 3.63) is 17.8 Å². The normalized spacial score (nSPS) is 14.6. The van der Waals surface area contributed by atoms with Gasteiger partial charge in [0, 0.05) is 6.04 Å². The summed E-state index contributed by atoms with van der Waals surface area (Å²) < 4.78 is 13.7. The van der Waals surface area contributed by atoms with E-state index in [-0.39, 0.29) is 11.9 Å². The predicted molar refractivity (Wildman–Crippen MR) is 60.8 cm³/mol. The minimum atomic E-state index is -0.418. The summed E-state index contributed by atoms with van der Waals surface area (Å²) in [6, 6.07) is -0.0332. The first kappa shape index (κ1) is 12.8. The quantitative estimate of drug-likeness (QED) is 0.804. The van der Waals surface area contributed by atoms with E-state index < -0.39 is 11.9 Å². The number of nitrogens with zero attached hydrogens (tertiary/aromatic N) is 2. The van der Waals surface area contributed by atoms with Crippen LogP contribution in [0.4, 0.5) is 10.2 Å². The number of anilines is 1. The number of hydrogen-bond donors (Lipinski definition) is 2. The van der Waals surface area contributed by atoms with Gasteiger partial charge in [0.05, 0.1) is 11.8 Å². The van der Waals surface area contributed by atoms with Gasteiger partial charge in [0.1, 0.15) is 6.33 Å². The minimum Gasteiger partial charge on any atom is -0.393 e. The first-order valence-electron chi connectivity index (χ1n) is 5.48. The molecule has 2 N–H and O–H groups in total. The highest BCUT2D eigenvalue weighted by molar-refractivity contribution is 5.38. The van der Waals surface area contributed by atoms with Crippen LogP contribution in [-0.4, -0.2) is 27.2 Å². The van der Waals surface area contributed by atoms with Crippen molar-refractivity contribution in [1.29, 1.82) is 0 Å². The lowest BCUT2D eigenvalue weighted by Crippen LogP contribution is -2.22. The van der Waals surface area contributed by atoms with E-state index in [1.165, 1.54) is 6.33 Å². The third-order valence-corrected chi connectivity index (χ3v) is 2.27. The van der Waals surface area contributed by atoms with Crippen LogP contribution in [0.5, 0.6) is 0 Å². The lowest BCUT2D eigenvalue weighted by Gasteiger charge is -2.16. The van der Waals surface area contributed by atoms with E-state index in [4.69, 9.17) is 0 Å². The Morgan fingerprint density at radius 1 is 1.44 bits per heavy atom. The van der Waals surface area contributed by atoms with Gasteiger partial charge in [0.2, 0.25) is 0 Å². The summed E-state index contributed by atoms with van der Waals surface area (Å²) in [7, 11) is 0. The zero-order valence-corrected chi connectivity index (χ0v) is 9.87. The van der Waals surface area contributed by atoms with Crippen LogP contribution in [0.1, 0.15) is 32.9 Å². The van der Waals surface area contributed by atoms with Crippen molar-refractivity contribution >= 4 is 5.82 Å². The molecule has 4 nitrogen and oxygen atoms in total. The van der Waals surface area contributed by atoms with Crippen molar-refractivity contribution in [2.75, 3.05) is 5.32 Å². The first-order chi connectivity index (χ1) is 7.54. The fourth-order valence-corrected chi connectivity index (χ4v) is 1.56. The Morgan fingerprint density at radius 2 is 2.12 bits per heavy atom. The zero-order valence-electron chi connectivity index (χ0n) is 9.87. The monoisotopic (exact) mass is 227 g/mol. The molecule has 5 heteroatoms. The molecule has 2 unspecified atom stereocenters. The largest absolute Gasteiger partial charge is 0.393 e. The summed E-state index contributed by atoms with van der Waals surface area (Å²) in [5.41, 5.74) is 0.404. The van der Waals surface area contributed by atoms with Crippen molar-refractivity contribution in [3.63, 3.8) is 0 Å². The van der Waals surface area contributed by atoms with Gasteiger partial charge in [-0.3, -0.25) is 0 Å². The Balaban J connectivity index is 2.73. The summed E-state index contributed by atoms with van der Waals surface area (Å²) in [5, 5.41) is 12.1. The highest BCUT2D eigenvalue weighted by Crippen LogP contribution is 2.15. The minimum absolute atomic E-state index is 0.0332. The van der Waals surface area contributed by atoms with Crippen LogP contribution in [-0.2, 0) is 6.42 Å². The number of nitrogens with one attached hydrogen (secondary N) is 1. The highest BCUT2D eigenvalue weighted by atomic mass is 19.1. The number of hydrogen-bond acceptors (Lipinski definition) is 4. The molecule has 0 saturated heterocycles. The van der Waals surface area contributed by atoms with Crippen LogP contribution in [0.25, 0.3) is 0 Å². The zero-order chi connectivity index (χ0) is 12.1. The molecule has 0 radical (unpaired) electrons. The SMILES string of the molecule is CCc1ncnc(NC(C)CC(C)O)c1F. The van der Waals surface area contributed by atoms with E-state index in [0.29, 0.717) is 18.5 Å². The van der Waals surface area contributed by atoms with Crippen LogP contribution in [0.2, 0.25) is 0 Å². The molecule has 0 amide bonds. The number of aryl methyl sites for hydroxylation is 1. The molecule has 0 bridgehead atoms. The van der Waals surface area contributed by atoms with E-state index in [9.17, 15) is 9.50 Å². The average molecular weight is 227 g/mol. The smallest absolute Gasteiger partial charge is 0.186 e. The topological polar surface area (TPSA) is 58.0 Å². The molecule has 1 heterocycles. The van der Waals surface area contributed by atoms with Gasteiger partial charge in [-0.1, -0.05) is 6.92 Å². The van der Waals surface area contributed by atoms with Crippen molar-refractivity contribution in [3.8, 4) is 0 Å². The average Bonchev–Trinajstić information content (AvgIpc) is 2.20. The van der Waals surface area contributed by atoms with Crippen molar-refractivity contribution < 1.29 is 9.50 Å². The third kappa shape index (κ3) is 3.41. The lowest BCUT2D eigenvalue weighted by atomic mass is 10.1. The molecule has 0 spiro atoms. The van der Waals surface area contributed by atoms with Gasteiger partial charge >= 0.3 is 0 Å². The van der Waals surface area contributed by atoms with E-state index in [2.05, 4.69) is 15.3 Å². The molecule has 0 aliphatic heterocycles. The summed E-state index contributed by atoms with van der Waals surface area (Å²) in [6.07, 6.45) is 2.01. The number of aromatic nitrogens is 2. The van der Waals surface area contributed by atoms with Gasteiger partial charge in [0.15, 0.2) is 11.6 Å². The first-order valence-corrected chi connectivity index (χ1v) is 5.48. The lowest BCUT2D eigenvalue weighted by molar-refractivity contribution is 0.179. The molecule has 0 saturated carbocycles. The molecule has 0 aliphatic rings. The van der Waals surface area contributed by atoms with Crippen molar-refractivity contribution in [1.82, 2.24) is 9.97 Å². The van der Waals surface area contributed by atoms with Gasteiger partial charge in [0.25, 0.3) is 0 Å². The van der Waals surface area contributed by atoms with Crippen LogP contribution < -0.4 is 5.32 Å². The maximum atomic E-state index is 13.7. The molecule has 1 aromatic rings. The Morgan fingerprint density at radius 3 is 2.69 bits per heavy atom. The number of aliphatic hydroxyl groups excluding tert-OH is 1. The Bertz CT molecular complexity index is 344. The molecule has 1 rings (SSSR count). The molecule has 1 aromatic heterocycles. The highest BCUT2D eigenvalue weighted by Gasteiger charge is 2.12. The second kappa shape index (κ2) is 5.75. The molecule has 16 heavy (non-hydrogen) atoms. The number of rotatable bonds is 5. The molecular weight excluding hydrogens is 209 g/mol. The molecule has 0 fully saturated rings. The van der Waals surface area contributed by atoms with Gasteiger partial charge in [-0.2, -0.15) is 0 Å². The van der Waals surface area contributed by atoms with E-state index in [1.807, 2.05) is 13.8 Å². The second-order valence-electron chi connectivity index (χ2n) is 3.97. The molecule has 90 valence electrons. The maximum absolute atomic E-state index is 13.7. The van der Waals surface area contributed by atoms with Crippen molar-refractivity contribution in [2.24, 2.45) is 0 Å². The van der Waals surface area contributed by atoms with Crippen LogP contribution in [0.15, 0.2) is 6.33 Å². The van der Waals surface area contributed by atoms with Crippen LogP contribution in [0, 0.1) is 5.82 Å². The molecule has 0 aliphatic carbocycles. The summed E-state index contributed by atoms with van der Waals surface area (Å²) in [4.78, 5) is 7.71. The van der Waals surface area contributed by atoms with Crippen molar-refractivity contribution in [2.45, 2.75) is 45.8 Å². The maximum Gasteiger partial charge on any atom is 0.186 e. The van der Waals surface area contributed by atoms with E-state index in [0.717, 1.165) is 0 Å². The Labute approximate surface area is 94.9 Å². The molecular formula is C11H18FN3O. The Hall–Kier alpha value is -1.23. The fraction of sp³-hybridized carbons (Fsp3) is 0.636. The van der Waals surface area contributed by atoms with Gasteiger partial charge in [-0.15, -0.1) is 0 Å².